The highest BCUT2D eigenvalue weighted by Crippen LogP contribution is 2.36. The van der Waals surface area contributed by atoms with Gasteiger partial charge in [-0.25, -0.2) is 0 Å². The van der Waals surface area contributed by atoms with Gasteiger partial charge in [0.25, 0.3) is 0 Å². The van der Waals surface area contributed by atoms with E-state index in [9.17, 15) is 24.9 Å². The molecular formula is C30H51N3O8. The zero-order valence-electron chi connectivity index (χ0n) is 25.6. The average molecular weight is 582 g/mol. The van der Waals surface area contributed by atoms with Gasteiger partial charge >= 0.3 is 0 Å². The topological polar surface area (TPSA) is 132 Å². The number of aliphatic hydroxyl groups excluding tert-OH is 3. The van der Waals surface area contributed by atoms with Crippen LogP contribution in [0.4, 0.5) is 0 Å². The molecule has 11 nitrogen and oxygen atoms in total. The molecule has 0 spiro atoms. The van der Waals surface area contributed by atoms with Crippen LogP contribution in [0.15, 0.2) is 24.3 Å². The first kappa shape index (κ1) is 34.9. The number of ether oxygens (including phenoxy) is 3. The van der Waals surface area contributed by atoms with E-state index in [1.54, 1.807) is 24.0 Å². The van der Waals surface area contributed by atoms with E-state index in [-0.39, 0.29) is 50.0 Å². The highest BCUT2D eigenvalue weighted by Gasteiger charge is 2.37. The monoisotopic (exact) mass is 581 g/mol. The largest absolute Gasteiger partial charge is 0.497 e. The molecule has 0 radical (unpaired) electrons. The van der Waals surface area contributed by atoms with Crippen LogP contribution >= 0.6 is 0 Å². The minimum atomic E-state index is -1.25. The predicted octanol–water partition coefficient (Wildman–Crippen LogP) is 1.16. The molecule has 41 heavy (non-hydrogen) atoms. The lowest BCUT2D eigenvalue weighted by atomic mass is 9.82. The number of aliphatic hydroxyl groups is 3. The van der Waals surface area contributed by atoms with Crippen molar-refractivity contribution >= 4 is 11.8 Å². The molecule has 2 amide bonds. The van der Waals surface area contributed by atoms with Gasteiger partial charge in [-0.3, -0.25) is 14.5 Å². The van der Waals surface area contributed by atoms with Crippen molar-refractivity contribution in [1.29, 1.82) is 0 Å². The molecule has 1 fully saturated rings. The highest BCUT2D eigenvalue weighted by molar-refractivity contribution is 5.79. The lowest BCUT2D eigenvalue weighted by Gasteiger charge is -2.42. The number of amides is 2. The standard InChI is InChI=1S/C30H51N3O8/c1-21(2)25-17-32(22(3)35)18-27(40-6)30(38)26(36)20-41-15-8-7-12-33(28(37)19-31(4)13-14-34)29(25)23-10-9-11-24(16-23)39-5/h9-11,16,21,25-27,29-30,34,36,38H,7-8,12-15,17-20H2,1-6H3/t25-,26+,27+,29-,30+/m1/s1. The summed E-state index contributed by atoms with van der Waals surface area (Å²) >= 11 is 0. The molecule has 234 valence electrons. The van der Waals surface area contributed by atoms with Crippen molar-refractivity contribution < 1.29 is 39.1 Å². The number of methoxy groups -OCH3 is 2. The van der Waals surface area contributed by atoms with Crippen LogP contribution < -0.4 is 4.74 Å². The van der Waals surface area contributed by atoms with Crippen molar-refractivity contribution in [3.8, 4) is 5.75 Å². The number of hydrogen-bond acceptors (Lipinski definition) is 9. The highest BCUT2D eigenvalue weighted by atomic mass is 16.5. The zero-order valence-corrected chi connectivity index (χ0v) is 25.6. The van der Waals surface area contributed by atoms with Gasteiger partial charge in [-0.2, -0.15) is 0 Å². The molecule has 1 aromatic rings. The Bertz CT molecular complexity index is 933. The van der Waals surface area contributed by atoms with Gasteiger partial charge in [0.05, 0.1) is 32.9 Å². The summed E-state index contributed by atoms with van der Waals surface area (Å²) in [5.74, 6) is 0.233. The third-order valence-electron chi connectivity index (χ3n) is 7.82. The second-order valence-corrected chi connectivity index (χ2v) is 11.2. The number of rotatable bonds is 8. The van der Waals surface area contributed by atoms with Gasteiger partial charge in [-0.15, -0.1) is 0 Å². The minimum Gasteiger partial charge on any atom is -0.497 e. The number of nitrogens with zero attached hydrogens (tertiary/aromatic N) is 3. The van der Waals surface area contributed by atoms with Gasteiger partial charge in [0.15, 0.2) is 0 Å². The number of carbonyl (C=O) groups excluding carboxylic acids is 2. The first-order valence-electron chi connectivity index (χ1n) is 14.5. The Morgan fingerprint density at radius 1 is 1.17 bits per heavy atom. The SMILES string of the molecule is COc1cccc([C@@H]2[C@@H](C(C)C)CN(C(C)=O)C[C@H](OC)[C@@H](O)[C@@H](O)COCCCCN2C(=O)CN(C)CCO)c1. The summed E-state index contributed by atoms with van der Waals surface area (Å²) in [6.45, 7) is 7.15. The molecule has 0 saturated carbocycles. The second-order valence-electron chi connectivity index (χ2n) is 11.2. The summed E-state index contributed by atoms with van der Waals surface area (Å²) in [5.41, 5.74) is 0.893. The summed E-state index contributed by atoms with van der Waals surface area (Å²) in [7, 11) is 4.84. The molecule has 1 aliphatic rings. The maximum absolute atomic E-state index is 14.0. The van der Waals surface area contributed by atoms with Crippen LogP contribution in [-0.2, 0) is 19.1 Å². The van der Waals surface area contributed by atoms with Crippen molar-refractivity contribution in [3.63, 3.8) is 0 Å². The third-order valence-corrected chi connectivity index (χ3v) is 7.82. The van der Waals surface area contributed by atoms with E-state index in [1.807, 2.05) is 29.2 Å². The average Bonchev–Trinajstić information content (AvgIpc) is 2.94. The fourth-order valence-corrected chi connectivity index (χ4v) is 5.31. The minimum absolute atomic E-state index is 0.0500. The van der Waals surface area contributed by atoms with Crippen LogP contribution in [0.1, 0.15) is 45.2 Å². The van der Waals surface area contributed by atoms with E-state index in [2.05, 4.69) is 13.8 Å². The Morgan fingerprint density at radius 2 is 1.90 bits per heavy atom. The second kappa shape index (κ2) is 17.6. The van der Waals surface area contributed by atoms with Gasteiger partial charge in [0, 0.05) is 52.7 Å². The first-order chi connectivity index (χ1) is 19.5. The smallest absolute Gasteiger partial charge is 0.237 e. The molecule has 0 aromatic heterocycles. The van der Waals surface area contributed by atoms with E-state index in [1.165, 1.54) is 14.0 Å². The molecule has 1 aromatic carbocycles. The van der Waals surface area contributed by atoms with Gasteiger partial charge in [-0.05, 0) is 43.5 Å². The number of benzene rings is 1. The van der Waals surface area contributed by atoms with Crippen LogP contribution in [-0.4, -0.2) is 134 Å². The number of carbonyl (C=O) groups is 2. The van der Waals surface area contributed by atoms with E-state index in [0.717, 1.165) is 5.56 Å². The summed E-state index contributed by atoms with van der Waals surface area (Å²) in [4.78, 5) is 32.2. The molecular weight excluding hydrogens is 530 g/mol. The van der Waals surface area contributed by atoms with Crippen LogP contribution in [0.5, 0.6) is 5.75 Å². The summed E-state index contributed by atoms with van der Waals surface area (Å²) in [5, 5.41) is 30.8. The maximum Gasteiger partial charge on any atom is 0.237 e. The molecule has 0 unspecified atom stereocenters. The lowest BCUT2D eigenvalue weighted by Crippen LogP contribution is -2.51. The third kappa shape index (κ3) is 10.5. The Morgan fingerprint density at radius 3 is 2.51 bits per heavy atom. The summed E-state index contributed by atoms with van der Waals surface area (Å²) in [6.07, 6.45) is -1.97. The van der Waals surface area contributed by atoms with Gasteiger partial charge in [-0.1, -0.05) is 26.0 Å². The van der Waals surface area contributed by atoms with Crippen LogP contribution in [0.3, 0.4) is 0 Å². The fraction of sp³-hybridized carbons (Fsp3) is 0.733. The van der Waals surface area contributed by atoms with Gasteiger partial charge < -0.3 is 39.3 Å². The summed E-state index contributed by atoms with van der Waals surface area (Å²) < 4.78 is 16.7. The molecule has 0 aliphatic carbocycles. The number of hydrogen-bond donors (Lipinski definition) is 3. The molecule has 1 aliphatic heterocycles. The number of likely N-dealkylation sites (N-methyl/N-ethyl adjacent to an activating group) is 1. The summed E-state index contributed by atoms with van der Waals surface area (Å²) in [6, 6.07) is 7.27. The van der Waals surface area contributed by atoms with Crippen molar-refractivity contribution in [2.75, 3.05) is 73.8 Å². The Kier molecular flexibility index (Phi) is 15.0. The van der Waals surface area contributed by atoms with Gasteiger partial charge in [0.1, 0.15) is 24.1 Å². The van der Waals surface area contributed by atoms with E-state index in [4.69, 9.17) is 14.2 Å². The van der Waals surface area contributed by atoms with Crippen LogP contribution in [0.2, 0.25) is 0 Å². The van der Waals surface area contributed by atoms with Crippen molar-refractivity contribution in [3.05, 3.63) is 29.8 Å². The van der Waals surface area contributed by atoms with Crippen molar-refractivity contribution in [2.24, 2.45) is 11.8 Å². The molecule has 11 heteroatoms. The molecule has 5 atom stereocenters. The zero-order chi connectivity index (χ0) is 30.5. The van der Waals surface area contributed by atoms with Crippen molar-refractivity contribution in [1.82, 2.24) is 14.7 Å². The first-order valence-corrected chi connectivity index (χ1v) is 14.5. The quantitative estimate of drug-likeness (QED) is 0.414. The van der Waals surface area contributed by atoms with Crippen LogP contribution in [0, 0.1) is 11.8 Å². The molecule has 1 heterocycles. The molecule has 0 bridgehead atoms. The lowest BCUT2D eigenvalue weighted by molar-refractivity contribution is -0.140. The Balaban J connectivity index is 2.65. The molecule has 1 saturated heterocycles. The normalized spacial score (nSPS) is 25.6. The van der Waals surface area contributed by atoms with Crippen LogP contribution in [0.25, 0.3) is 0 Å². The fourth-order valence-electron chi connectivity index (χ4n) is 5.31. The molecule has 3 N–H and O–H groups in total. The maximum atomic E-state index is 14.0. The van der Waals surface area contributed by atoms with Gasteiger partial charge in [0.2, 0.25) is 11.8 Å². The van der Waals surface area contributed by atoms with E-state index in [0.29, 0.717) is 44.8 Å². The predicted molar refractivity (Wildman–Crippen MR) is 155 cm³/mol. The Labute approximate surface area is 245 Å². The van der Waals surface area contributed by atoms with Crippen molar-refractivity contribution in [2.45, 2.75) is 58.0 Å². The van der Waals surface area contributed by atoms with E-state index < -0.39 is 24.4 Å². The Hall–Kier alpha value is -2.28. The molecule has 2 rings (SSSR count). The van der Waals surface area contributed by atoms with E-state index >= 15 is 0 Å².